The van der Waals surface area contributed by atoms with Gasteiger partial charge in [0.15, 0.2) is 0 Å². The van der Waals surface area contributed by atoms with Crippen LogP contribution < -0.4 is 5.32 Å². The van der Waals surface area contributed by atoms with E-state index in [1.807, 2.05) is 20.8 Å². The lowest BCUT2D eigenvalue weighted by Crippen LogP contribution is -2.18. The molecule has 0 fully saturated rings. The highest BCUT2D eigenvalue weighted by Gasteiger charge is 2.19. The molecule has 1 N–H and O–H groups in total. The standard InChI is InChI=1S/C15H15ClFN3O/c1-15(2,3)11-6-9(7-12(16)19-11)14(21)20-13-5-4-10(17)8-18-13/h4-8H,1-3H3,(H,18,20,21). The maximum Gasteiger partial charge on any atom is 0.256 e. The predicted molar refractivity (Wildman–Crippen MR) is 80.1 cm³/mol. The fourth-order valence-electron chi connectivity index (χ4n) is 1.65. The molecule has 0 aliphatic rings. The summed E-state index contributed by atoms with van der Waals surface area (Å²) in [7, 11) is 0. The van der Waals surface area contributed by atoms with E-state index in [4.69, 9.17) is 11.6 Å². The second-order valence-electron chi connectivity index (χ2n) is 5.63. The van der Waals surface area contributed by atoms with E-state index in [0.29, 0.717) is 11.3 Å². The van der Waals surface area contributed by atoms with Crippen LogP contribution >= 0.6 is 11.6 Å². The first-order chi connectivity index (χ1) is 9.75. The molecule has 0 radical (unpaired) electrons. The molecule has 0 saturated carbocycles. The van der Waals surface area contributed by atoms with Gasteiger partial charge in [-0.15, -0.1) is 0 Å². The Hall–Kier alpha value is -2.01. The number of pyridine rings is 2. The van der Waals surface area contributed by atoms with Crippen molar-refractivity contribution >= 4 is 23.3 Å². The molecule has 2 heterocycles. The average Bonchev–Trinajstić information content (AvgIpc) is 2.39. The van der Waals surface area contributed by atoms with E-state index in [9.17, 15) is 9.18 Å². The Balaban J connectivity index is 2.27. The van der Waals surface area contributed by atoms with Crippen LogP contribution in [0.4, 0.5) is 10.2 Å². The molecule has 2 aromatic heterocycles. The Bertz CT molecular complexity index is 666. The maximum absolute atomic E-state index is 12.8. The van der Waals surface area contributed by atoms with Crippen LogP contribution in [0, 0.1) is 5.82 Å². The van der Waals surface area contributed by atoms with E-state index in [1.54, 1.807) is 6.07 Å². The molecular formula is C15H15ClFN3O. The van der Waals surface area contributed by atoms with Crippen LogP contribution in [-0.2, 0) is 5.41 Å². The maximum atomic E-state index is 12.8. The Kier molecular flexibility index (Phi) is 4.23. The zero-order chi connectivity index (χ0) is 15.6. The molecule has 0 aliphatic carbocycles. The van der Waals surface area contributed by atoms with Crippen molar-refractivity contribution in [1.29, 1.82) is 0 Å². The van der Waals surface area contributed by atoms with Crippen LogP contribution in [-0.4, -0.2) is 15.9 Å². The van der Waals surface area contributed by atoms with Gasteiger partial charge in [-0.2, -0.15) is 0 Å². The Morgan fingerprint density at radius 2 is 2.00 bits per heavy atom. The topological polar surface area (TPSA) is 54.9 Å². The zero-order valence-electron chi connectivity index (χ0n) is 11.9. The first kappa shape index (κ1) is 15.4. The number of halogens is 2. The molecule has 0 aliphatic heterocycles. The monoisotopic (exact) mass is 307 g/mol. The van der Waals surface area contributed by atoms with Crippen molar-refractivity contribution in [2.75, 3.05) is 5.32 Å². The highest BCUT2D eigenvalue weighted by atomic mass is 35.5. The van der Waals surface area contributed by atoms with Crippen molar-refractivity contribution in [2.45, 2.75) is 26.2 Å². The van der Waals surface area contributed by atoms with E-state index in [-0.39, 0.29) is 22.3 Å². The summed E-state index contributed by atoms with van der Waals surface area (Å²) >= 11 is 5.97. The highest BCUT2D eigenvalue weighted by molar-refractivity contribution is 6.29. The number of hydrogen-bond acceptors (Lipinski definition) is 3. The van der Waals surface area contributed by atoms with E-state index in [1.165, 1.54) is 18.2 Å². The minimum atomic E-state index is -0.463. The van der Waals surface area contributed by atoms with Crippen LogP contribution in [0.1, 0.15) is 36.8 Å². The van der Waals surface area contributed by atoms with Gasteiger partial charge in [0.25, 0.3) is 5.91 Å². The molecule has 0 unspecified atom stereocenters. The minimum Gasteiger partial charge on any atom is -0.307 e. The number of amides is 1. The van der Waals surface area contributed by atoms with Gasteiger partial charge >= 0.3 is 0 Å². The predicted octanol–water partition coefficient (Wildman–Crippen LogP) is 3.82. The number of carbonyl (C=O) groups excluding carboxylic acids is 1. The van der Waals surface area contributed by atoms with Crippen molar-refractivity contribution < 1.29 is 9.18 Å². The number of nitrogens with zero attached hydrogens (tertiary/aromatic N) is 2. The molecule has 0 atom stereocenters. The fraction of sp³-hybridized carbons (Fsp3) is 0.267. The minimum absolute atomic E-state index is 0.228. The van der Waals surface area contributed by atoms with Gasteiger partial charge in [-0.05, 0) is 24.3 Å². The van der Waals surface area contributed by atoms with E-state index in [0.717, 1.165) is 6.20 Å². The van der Waals surface area contributed by atoms with E-state index in [2.05, 4.69) is 15.3 Å². The normalized spacial score (nSPS) is 11.3. The molecule has 0 saturated heterocycles. The van der Waals surface area contributed by atoms with Crippen LogP contribution in [0.25, 0.3) is 0 Å². The fourth-order valence-corrected chi connectivity index (χ4v) is 1.86. The first-order valence-electron chi connectivity index (χ1n) is 6.37. The molecule has 0 spiro atoms. The van der Waals surface area contributed by atoms with Gasteiger partial charge in [0.05, 0.1) is 6.20 Å². The van der Waals surface area contributed by atoms with Gasteiger partial charge in [-0.3, -0.25) is 4.79 Å². The van der Waals surface area contributed by atoms with Crippen molar-refractivity contribution in [1.82, 2.24) is 9.97 Å². The largest absolute Gasteiger partial charge is 0.307 e. The van der Waals surface area contributed by atoms with Crippen molar-refractivity contribution in [3.05, 3.63) is 52.7 Å². The molecule has 110 valence electrons. The number of aromatic nitrogens is 2. The van der Waals surface area contributed by atoms with Crippen molar-refractivity contribution in [2.24, 2.45) is 0 Å². The highest BCUT2D eigenvalue weighted by Crippen LogP contribution is 2.23. The number of carbonyl (C=O) groups is 1. The van der Waals surface area contributed by atoms with Crippen LogP contribution in [0.2, 0.25) is 5.15 Å². The van der Waals surface area contributed by atoms with Gasteiger partial charge < -0.3 is 5.32 Å². The van der Waals surface area contributed by atoms with Gasteiger partial charge in [0.1, 0.15) is 16.8 Å². The third-order valence-corrected chi connectivity index (χ3v) is 2.99. The summed E-state index contributed by atoms with van der Waals surface area (Å²) < 4.78 is 12.8. The summed E-state index contributed by atoms with van der Waals surface area (Å²) in [6.45, 7) is 5.94. The summed E-state index contributed by atoms with van der Waals surface area (Å²) in [5.41, 5.74) is 0.867. The number of rotatable bonds is 2. The molecule has 0 aromatic carbocycles. The SMILES string of the molecule is CC(C)(C)c1cc(C(=O)Nc2ccc(F)cn2)cc(Cl)n1. The lowest BCUT2D eigenvalue weighted by atomic mass is 9.91. The molecule has 2 aromatic rings. The van der Waals surface area contributed by atoms with Gasteiger partial charge in [0, 0.05) is 16.7 Å². The zero-order valence-corrected chi connectivity index (χ0v) is 12.7. The van der Waals surface area contributed by atoms with Gasteiger partial charge in [-0.25, -0.2) is 14.4 Å². The first-order valence-corrected chi connectivity index (χ1v) is 6.74. The number of anilines is 1. The lowest BCUT2D eigenvalue weighted by Gasteiger charge is -2.18. The van der Waals surface area contributed by atoms with Crippen LogP contribution in [0.15, 0.2) is 30.5 Å². The summed E-state index contributed by atoms with van der Waals surface area (Å²) in [6, 6.07) is 5.78. The molecule has 21 heavy (non-hydrogen) atoms. The average molecular weight is 308 g/mol. The van der Waals surface area contributed by atoms with Gasteiger partial charge in [-0.1, -0.05) is 32.4 Å². The number of hydrogen-bond donors (Lipinski definition) is 1. The Labute approximate surface area is 127 Å². The van der Waals surface area contributed by atoms with Crippen molar-refractivity contribution in [3.63, 3.8) is 0 Å². The molecular weight excluding hydrogens is 293 g/mol. The summed E-state index contributed by atoms with van der Waals surface area (Å²) in [5.74, 6) is -0.564. The number of nitrogens with one attached hydrogen (secondary N) is 1. The molecule has 2 rings (SSSR count). The van der Waals surface area contributed by atoms with Crippen molar-refractivity contribution in [3.8, 4) is 0 Å². The third-order valence-electron chi connectivity index (χ3n) is 2.79. The smallest absolute Gasteiger partial charge is 0.256 e. The lowest BCUT2D eigenvalue weighted by molar-refractivity contribution is 0.102. The summed E-state index contributed by atoms with van der Waals surface area (Å²) in [4.78, 5) is 20.2. The second kappa shape index (κ2) is 5.77. The Morgan fingerprint density at radius 3 is 2.57 bits per heavy atom. The summed E-state index contributed by atoms with van der Waals surface area (Å²) in [6.07, 6.45) is 1.04. The molecule has 4 nitrogen and oxygen atoms in total. The van der Waals surface area contributed by atoms with Crippen LogP contribution in [0.5, 0.6) is 0 Å². The van der Waals surface area contributed by atoms with Crippen LogP contribution in [0.3, 0.4) is 0 Å². The quantitative estimate of drug-likeness (QED) is 0.858. The second-order valence-corrected chi connectivity index (χ2v) is 6.02. The van der Waals surface area contributed by atoms with Gasteiger partial charge in [0.2, 0.25) is 0 Å². The Morgan fingerprint density at radius 1 is 1.29 bits per heavy atom. The summed E-state index contributed by atoms with van der Waals surface area (Å²) in [5, 5.41) is 2.84. The molecule has 6 heteroatoms. The molecule has 0 bridgehead atoms. The van der Waals surface area contributed by atoms with E-state index < -0.39 is 5.82 Å². The third kappa shape index (κ3) is 3.98. The van der Waals surface area contributed by atoms with E-state index >= 15 is 0 Å². The molecule has 1 amide bonds.